The molecule has 0 saturated carbocycles. The summed E-state index contributed by atoms with van der Waals surface area (Å²) in [5, 5.41) is 14.1. The van der Waals surface area contributed by atoms with Gasteiger partial charge in [-0.15, -0.1) is 0 Å². The van der Waals surface area contributed by atoms with Crippen LogP contribution in [0.3, 0.4) is 0 Å². The van der Waals surface area contributed by atoms with E-state index in [1.807, 2.05) is 25.1 Å². The molecule has 138 valence electrons. The molecule has 0 atom stereocenters. The predicted molar refractivity (Wildman–Crippen MR) is 97.3 cm³/mol. The first kappa shape index (κ1) is 18.1. The van der Waals surface area contributed by atoms with E-state index in [1.165, 1.54) is 24.5 Å². The number of anilines is 1. The third-order valence-corrected chi connectivity index (χ3v) is 3.89. The lowest BCUT2D eigenvalue weighted by Gasteiger charge is -2.07. The number of benzene rings is 2. The number of carbonyl (C=O) groups excluding carboxylic acids is 2. The largest absolute Gasteiger partial charge is 0.464 e. The van der Waals surface area contributed by atoms with Gasteiger partial charge in [-0.3, -0.25) is 19.7 Å². The monoisotopic (exact) mass is 368 g/mol. The minimum Gasteiger partial charge on any atom is -0.464 e. The van der Waals surface area contributed by atoms with Gasteiger partial charge in [0.15, 0.2) is 6.61 Å². The lowest BCUT2D eigenvalue weighted by molar-refractivity contribution is -0.383. The van der Waals surface area contributed by atoms with Crippen molar-refractivity contribution < 1.29 is 23.7 Å². The number of rotatable bonds is 6. The SMILES string of the molecule is Cc1ccc2c(CC(=O)OCC(=O)Nc3ccccc3[N+](=O)[O-])coc2c1. The third-order valence-electron chi connectivity index (χ3n) is 3.89. The van der Waals surface area contributed by atoms with Crippen LogP contribution in [0.5, 0.6) is 0 Å². The second-order valence-electron chi connectivity index (χ2n) is 5.92. The van der Waals surface area contributed by atoms with Crippen LogP contribution in [0, 0.1) is 17.0 Å². The summed E-state index contributed by atoms with van der Waals surface area (Å²) in [5.74, 6) is -1.26. The van der Waals surface area contributed by atoms with Gasteiger partial charge in [0.25, 0.3) is 11.6 Å². The molecule has 1 aromatic heterocycles. The van der Waals surface area contributed by atoms with E-state index in [-0.39, 0.29) is 17.8 Å². The van der Waals surface area contributed by atoms with E-state index < -0.39 is 23.4 Å². The summed E-state index contributed by atoms with van der Waals surface area (Å²) in [6.45, 7) is 1.39. The molecule has 1 N–H and O–H groups in total. The Labute approximate surface area is 153 Å². The Balaban J connectivity index is 1.57. The highest BCUT2D eigenvalue weighted by Crippen LogP contribution is 2.24. The highest BCUT2D eigenvalue weighted by molar-refractivity contribution is 5.95. The van der Waals surface area contributed by atoms with Gasteiger partial charge < -0.3 is 14.5 Å². The molecule has 1 heterocycles. The van der Waals surface area contributed by atoms with Crippen molar-refractivity contribution in [1.29, 1.82) is 0 Å². The van der Waals surface area contributed by atoms with Crippen molar-refractivity contribution in [3.05, 3.63) is 70.0 Å². The van der Waals surface area contributed by atoms with E-state index in [1.54, 1.807) is 6.07 Å². The maximum atomic E-state index is 12.0. The minimum atomic E-state index is -0.662. The van der Waals surface area contributed by atoms with Gasteiger partial charge in [0.05, 0.1) is 17.6 Å². The van der Waals surface area contributed by atoms with Crippen molar-refractivity contribution in [1.82, 2.24) is 0 Å². The van der Waals surface area contributed by atoms with Crippen molar-refractivity contribution in [3.8, 4) is 0 Å². The molecule has 0 saturated heterocycles. The van der Waals surface area contributed by atoms with Crippen LogP contribution in [0.15, 0.2) is 53.1 Å². The Bertz CT molecular complexity index is 1020. The first-order valence-electron chi connectivity index (χ1n) is 8.09. The number of hydrogen-bond donors (Lipinski definition) is 1. The van der Waals surface area contributed by atoms with Crippen LogP contribution in [0.2, 0.25) is 0 Å². The fraction of sp³-hybridized carbons (Fsp3) is 0.158. The molecular weight excluding hydrogens is 352 g/mol. The van der Waals surface area contributed by atoms with Crippen LogP contribution in [-0.4, -0.2) is 23.4 Å². The highest BCUT2D eigenvalue weighted by atomic mass is 16.6. The number of fused-ring (bicyclic) bond motifs is 1. The number of nitro groups is 1. The fourth-order valence-electron chi connectivity index (χ4n) is 2.60. The molecule has 27 heavy (non-hydrogen) atoms. The summed E-state index contributed by atoms with van der Waals surface area (Å²) >= 11 is 0. The van der Waals surface area contributed by atoms with Crippen molar-refractivity contribution >= 4 is 34.2 Å². The maximum Gasteiger partial charge on any atom is 0.310 e. The fourth-order valence-corrected chi connectivity index (χ4v) is 2.60. The summed E-state index contributed by atoms with van der Waals surface area (Å²) in [4.78, 5) is 34.2. The molecule has 0 aliphatic carbocycles. The average Bonchev–Trinajstić information content (AvgIpc) is 3.02. The Morgan fingerprint density at radius 1 is 1.22 bits per heavy atom. The van der Waals surface area contributed by atoms with Crippen LogP contribution in [-0.2, 0) is 20.7 Å². The Morgan fingerprint density at radius 3 is 2.78 bits per heavy atom. The highest BCUT2D eigenvalue weighted by Gasteiger charge is 2.17. The van der Waals surface area contributed by atoms with E-state index >= 15 is 0 Å². The molecule has 0 unspecified atom stereocenters. The molecule has 0 radical (unpaired) electrons. The molecule has 1 amide bonds. The standard InChI is InChI=1S/C19H16N2O6/c1-12-6-7-14-13(10-26-17(14)8-12)9-19(23)27-11-18(22)20-15-4-2-3-5-16(15)21(24)25/h2-8,10H,9,11H2,1H3,(H,20,22). The number of nitrogens with one attached hydrogen (secondary N) is 1. The van der Waals surface area contributed by atoms with E-state index in [0.717, 1.165) is 10.9 Å². The summed E-state index contributed by atoms with van der Waals surface area (Å²) in [7, 11) is 0. The lowest BCUT2D eigenvalue weighted by atomic mass is 10.1. The normalized spacial score (nSPS) is 10.6. The second kappa shape index (κ2) is 7.69. The van der Waals surface area contributed by atoms with Gasteiger partial charge in [-0.25, -0.2) is 0 Å². The summed E-state index contributed by atoms with van der Waals surface area (Å²) in [5.41, 5.74) is 2.18. The third kappa shape index (κ3) is 4.30. The first-order valence-corrected chi connectivity index (χ1v) is 8.09. The van der Waals surface area contributed by atoms with Crippen LogP contribution in [0.1, 0.15) is 11.1 Å². The Kier molecular flexibility index (Phi) is 5.16. The number of amides is 1. The molecule has 0 bridgehead atoms. The number of carbonyl (C=O) groups is 2. The van der Waals surface area contributed by atoms with Gasteiger partial charge in [-0.1, -0.05) is 24.3 Å². The second-order valence-corrected chi connectivity index (χ2v) is 5.92. The zero-order chi connectivity index (χ0) is 19.4. The molecular formula is C19H16N2O6. The molecule has 3 aromatic rings. The van der Waals surface area contributed by atoms with Gasteiger partial charge >= 0.3 is 5.97 Å². The quantitative estimate of drug-likeness (QED) is 0.405. The number of nitro benzene ring substituents is 1. The summed E-state index contributed by atoms with van der Waals surface area (Å²) in [6, 6.07) is 11.4. The smallest absolute Gasteiger partial charge is 0.310 e. The van der Waals surface area contributed by atoms with E-state index in [2.05, 4.69) is 5.32 Å². The Morgan fingerprint density at radius 2 is 2.00 bits per heavy atom. The molecule has 3 rings (SSSR count). The Hall–Kier alpha value is -3.68. The molecule has 0 aliphatic heterocycles. The van der Waals surface area contributed by atoms with Gasteiger partial charge in [-0.2, -0.15) is 0 Å². The summed E-state index contributed by atoms with van der Waals surface area (Å²) < 4.78 is 10.4. The van der Waals surface area contributed by atoms with E-state index in [9.17, 15) is 19.7 Å². The van der Waals surface area contributed by atoms with Crippen molar-refractivity contribution in [2.75, 3.05) is 11.9 Å². The maximum absolute atomic E-state index is 12.0. The van der Waals surface area contributed by atoms with Gasteiger partial charge in [0.1, 0.15) is 11.3 Å². The van der Waals surface area contributed by atoms with E-state index in [0.29, 0.717) is 11.1 Å². The van der Waals surface area contributed by atoms with E-state index in [4.69, 9.17) is 9.15 Å². The zero-order valence-corrected chi connectivity index (χ0v) is 14.4. The van der Waals surface area contributed by atoms with Gasteiger partial charge in [-0.05, 0) is 24.6 Å². The lowest BCUT2D eigenvalue weighted by Crippen LogP contribution is -2.22. The number of para-hydroxylation sites is 2. The number of nitrogens with zero attached hydrogens (tertiary/aromatic N) is 1. The minimum absolute atomic E-state index is 0.0414. The van der Waals surface area contributed by atoms with Gasteiger partial charge in [0.2, 0.25) is 0 Å². The van der Waals surface area contributed by atoms with Crippen LogP contribution in [0.4, 0.5) is 11.4 Å². The molecule has 8 heteroatoms. The molecule has 0 fully saturated rings. The van der Waals surface area contributed by atoms with Gasteiger partial charge in [0, 0.05) is 17.0 Å². The summed E-state index contributed by atoms with van der Waals surface area (Å²) in [6.07, 6.45) is 1.44. The van der Waals surface area contributed by atoms with Crippen LogP contribution in [0.25, 0.3) is 11.0 Å². The topological polar surface area (TPSA) is 112 Å². The number of furan rings is 1. The van der Waals surface area contributed by atoms with Crippen molar-refractivity contribution in [2.45, 2.75) is 13.3 Å². The predicted octanol–water partition coefficient (Wildman–Crippen LogP) is 3.37. The number of esters is 1. The van der Waals surface area contributed by atoms with Crippen LogP contribution < -0.4 is 5.32 Å². The molecule has 0 aliphatic rings. The average molecular weight is 368 g/mol. The van der Waals surface area contributed by atoms with Crippen molar-refractivity contribution in [2.24, 2.45) is 0 Å². The number of ether oxygens (including phenoxy) is 1. The molecule has 2 aromatic carbocycles. The first-order chi connectivity index (χ1) is 12.9. The number of hydrogen-bond acceptors (Lipinski definition) is 6. The molecule has 8 nitrogen and oxygen atoms in total. The zero-order valence-electron chi connectivity index (χ0n) is 14.4. The number of aryl methyl sites for hydroxylation is 1. The molecule has 0 spiro atoms. The van der Waals surface area contributed by atoms with Crippen LogP contribution >= 0.6 is 0 Å². The van der Waals surface area contributed by atoms with Crippen molar-refractivity contribution in [3.63, 3.8) is 0 Å².